The van der Waals surface area contributed by atoms with E-state index >= 15 is 0 Å². The fourth-order valence-electron chi connectivity index (χ4n) is 2.66. The summed E-state index contributed by atoms with van der Waals surface area (Å²) in [7, 11) is 0. The molecule has 0 aliphatic carbocycles. The van der Waals surface area contributed by atoms with Gasteiger partial charge < -0.3 is 19.5 Å². The smallest absolute Gasteiger partial charge is 0.325 e. The van der Waals surface area contributed by atoms with Crippen molar-refractivity contribution < 1.29 is 28.6 Å². The van der Waals surface area contributed by atoms with Crippen LogP contribution in [0.4, 0.5) is 10.5 Å². The Hall–Kier alpha value is -3.34. The van der Waals surface area contributed by atoms with Gasteiger partial charge in [0.2, 0.25) is 0 Å². The largest absolute Gasteiger partial charge is 0.486 e. The highest BCUT2D eigenvalue weighted by molar-refractivity contribution is 7.99. The summed E-state index contributed by atoms with van der Waals surface area (Å²) in [5, 5.41) is 5.10. The number of hydrogen-bond donors (Lipinski definition) is 2. The van der Waals surface area contributed by atoms with Gasteiger partial charge in [-0.25, -0.2) is 14.8 Å². The molecule has 0 saturated heterocycles. The standard InChI is InChI=1S/C20H22N4O6S/c1-11-8-12(2)22-20(21-11)31-10-17(25)30-13(3)18(26)24-19(27)23-14-4-5-15-16(9-14)29-7-6-28-15/h4-5,8-9,13H,6-7,10H2,1-3H3,(H2,23,24,26,27)/t13-/m0/s1. The lowest BCUT2D eigenvalue weighted by molar-refractivity contribution is -0.151. The lowest BCUT2D eigenvalue weighted by atomic mass is 10.2. The van der Waals surface area contributed by atoms with Crippen molar-refractivity contribution in [2.24, 2.45) is 0 Å². The van der Waals surface area contributed by atoms with Gasteiger partial charge in [-0.2, -0.15) is 0 Å². The molecule has 0 saturated carbocycles. The maximum absolute atomic E-state index is 12.2. The lowest BCUT2D eigenvalue weighted by Crippen LogP contribution is -2.41. The van der Waals surface area contributed by atoms with Crippen LogP contribution in [0.25, 0.3) is 0 Å². The van der Waals surface area contributed by atoms with Gasteiger partial charge in [0, 0.05) is 23.1 Å². The Morgan fingerprint density at radius 1 is 1.10 bits per heavy atom. The van der Waals surface area contributed by atoms with E-state index in [2.05, 4.69) is 20.6 Å². The number of amides is 3. The molecule has 10 nitrogen and oxygen atoms in total. The average molecular weight is 446 g/mol. The quantitative estimate of drug-likeness (QED) is 0.390. The van der Waals surface area contributed by atoms with E-state index in [1.54, 1.807) is 18.2 Å². The minimum absolute atomic E-state index is 0.0656. The van der Waals surface area contributed by atoms with Gasteiger partial charge in [-0.15, -0.1) is 0 Å². The van der Waals surface area contributed by atoms with Crippen LogP contribution in [0.15, 0.2) is 29.4 Å². The van der Waals surface area contributed by atoms with E-state index in [0.29, 0.717) is 35.6 Å². The molecule has 3 rings (SSSR count). The first-order valence-corrected chi connectivity index (χ1v) is 10.4. The number of benzene rings is 1. The van der Waals surface area contributed by atoms with Crippen LogP contribution in [0.3, 0.4) is 0 Å². The summed E-state index contributed by atoms with van der Waals surface area (Å²) in [4.78, 5) is 44.7. The molecule has 0 bridgehead atoms. The number of thioether (sulfide) groups is 1. The molecule has 1 aliphatic rings. The fraction of sp³-hybridized carbons (Fsp3) is 0.350. The van der Waals surface area contributed by atoms with Gasteiger partial charge in [-0.05, 0) is 39.0 Å². The van der Waals surface area contributed by atoms with Crippen LogP contribution in [0.5, 0.6) is 11.5 Å². The number of aryl methyl sites for hydroxylation is 2. The molecule has 0 radical (unpaired) electrons. The Bertz CT molecular complexity index is 979. The summed E-state index contributed by atoms with van der Waals surface area (Å²) >= 11 is 1.11. The summed E-state index contributed by atoms with van der Waals surface area (Å²) in [5.41, 5.74) is 2.00. The van der Waals surface area contributed by atoms with Gasteiger partial charge in [-0.3, -0.25) is 14.9 Å². The number of ether oxygens (including phenoxy) is 3. The lowest BCUT2D eigenvalue weighted by Gasteiger charge is -2.19. The van der Waals surface area contributed by atoms with E-state index in [-0.39, 0.29) is 5.75 Å². The van der Waals surface area contributed by atoms with Crippen LogP contribution in [0, 0.1) is 13.8 Å². The molecule has 0 unspecified atom stereocenters. The van der Waals surface area contributed by atoms with Crippen LogP contribution >= 0.6 is 11.8 Å². The number of carbonyl (C=O) groups excluding carboxylic acids is 3. The molecule has 2 N–H and O–H groups in total. The second kappa shape index (κ2) is 10.1. The molecular formula is C20H22N4O6S. The zero-order valence-corrected chi connectivity index (χ0v) is 18.1. The summed E-state index contributed by atoms with van der Waals surface area (Å²) in [5.74, 6) is -0.358. The maximum atomic E-state index is 12.2. The van der Waals surface area contributed by atoms with Crippen molar-refractivity contribution in [2.45, 2.75) is 32.0 Å². The highest BCUT2D eigenvalue weighted by Gasteiger charge is 2.21. The first-order chi connectivity index (χ1) is 14.8. The van der Waals surface area contributed by atoms with Crippen molar-refractivity contribution in [1.82, 2.24) is 15.3 Å². The van der Waals surface area contributed by atoms with Crippen LogP contribution in [0.2, 0.25) is 0 Å². The minimum atomic E-state index is -1.15. The number of hydrogen-bond acceptors (Lipinski definition) is 9. The number of nitrogens with zero attached hydrogens (tertiary/aromatic N) is 2. The van der Waals surface area contributed by atoms with E-state index < -0.39 is 24.0 Å². The molecule has 164 valence electrons. The Labute approximate surface area is 183 Å². The molecule has 1 atom stereocenters. The van der Waals surface area contributed by atoms with Crippen LogP contribution in [-0.4, -0.2) is 52.9 Å². The molecule has 11 heteroatoms. The number of esters is 1. The Kier molecular flexibility index (Phi) is 7.29. The van der Waals surface area contributed by atoms with Crippen molar-refractivity contribution in [2.75, 3.05) is 24.3 Å². The van der Waals surface area contributed by atoms with Crippen molar-refractivity contribution in [1.29, 1.82) is 0 Å². The molecular weight excluding hydrogens is 424 g/mol. The second-order valence-corrected chi connectivity index (χ2v) is 7.60. The molecule has 31 heavy (non-hydrogen) atoms. The van der Waals surface area contributed by atoms with Gasteiger partial charge in [-0.1, -0.05) is 11.8 Å². The number of fused-ring (bicyclic) bond motifs is 1. The number of nitrogens with one attached hydrogen (secondary N) is 2. The van der Waals surface area contributed by atoms with Crippen molar-refractivity contribution in [3.8, 4) is 11.5 Å². The first kappa shape index (κ1) is 22.3. The number of urea groups is 1. The molecule has 1 aromatic carbocycles. The third-order valence-corrected chi connectivity index (χ3v) is 4.82. The Morgan fingerprint density at radius 2 is 1.77 bits per heavy atom. The molecule has 2 aromatic rings. The first-order valence-electron chi connectivity index (χ1n) is 9.46. The summed E-state index contributed by atoms with van der Waals surface area (Å²) in [6, 6.07) is 5.93. The van der Waals surface area contributed by atoms with E-state index in [1.165, 1.54) is 6.92 Å². The zero-order chi connectivity index (χ0) is 22.4. The van der Waals surface area contributed by atoms with Gasteiger partial charge >= 0.3 is 12.0 Å². The van der Waals surface area contributed by atoms with Gasteiger partial charge in [0.1, 0.15) is 13.2 Å². The number of carbonyl (C=O) groups is 3. The number of anilines is 1. The van der Waals surface area contributed by atoms with Crippen LogP contribution in [-0.2, 0) is 14.3 Å². The van der Waals surface area contributed by atoms with Gasteiger partial charge in [0.05, 0.1) is 5.75 Å². The highest BCUT2D eigenvalue weighted by atomic mass is 32.2. The fourth-order valence-corrected chi connectivity index (χ4v) is 3.40. The molecule has 0 fully saturated rings. The van der Waals surface area contributed by atoms with E-state index in [0.717, 1.165) is 23.1 Å². The predicted octanol–water partition coefficient (Wildman–Crippen LogP) is 2.24. The van der Waals surface area contributed by atoms with Crippen LogP contribution < -0.4 is 20.1 Å². The summed E-state index contributed by atoms with van der Waals surface area (Å²) in [6.07, 6.45) is -1.15. The Balaban J connectivity index is 1.45. The second-order valence-electron chi connectivity index (χ2n) is 6.66. The molecule has 1 aliphatic heterocycles. The number of rotatable bonds is 6. The van der Waals surface area contributed by atoms with Gasteiger partial charge in [0.15, 0.2) is 22.8 Å². The van der Waals surface area contributed by atoms with E-state index in [4.69, 9.17) is 14.2 Å². The predicted molar refractivity (Wildman–Crippen MR) is 112 cm³/mol. The van der Waals surface area contributed by atoms with Crippen molar-refractivity contribution >= 4 is 35.4 Å². The SMILES string of the molecule is Cc1cc(C)nc(SCC(=O)O[C@@H](C)C(=O)NC(=O)Nc2ccc3c(c2)OCCO3)n1. The average Bonchev–Trinajstić information content (AvgIpc) is 2.71. The topological polar surface area (TPSA) is 129 Å². The van der Waals surface area contributed by atoms with E-state index in [9.17, 15) is 14.4 Å². The molecule has 0 spiro atoms. The summed E-state index contributed by atoms with van der Waals surface area (Å²) < 4.78 is 15.9. The number of imide groups is 1. The molecule has 3 amide bonds. The Morgan fingerprint density at radius 3 is 2.48 bits per heavy atom. The monoisotopic (exact) mass is 446 g/mol. The maximum Gasteiger partial charge on any atom is 0.325 e. The normalized spacial score (nSPS) is 13.1. The van der Waals surface area contributed by atoms with Crippen molar-refractivity contribution in [3.63, 3.8) is 0 Å². The summed E-state index contributed by atoms with van der Waals surface area (Å²) in [6.45, 7) is 5.92. The minimum Gasteiger partial charge on any atom is -0.486 e. The molecule has 2 heterocycles. The molecule has 1 aromatic heterocycles. The number of aromatic nitrogens is 2. The van der Waals surface area contributed by atoms with E-state index in [1.807, 2.05) is 19.9 Å². The third-order valence-electron chi connectivity index (χ3n) is 4.00. The third kappa shape index (κ3) is 6.57. The van der Waals surface area contributed by atoms with Crippen LogP contribution in [0.1, 0.15) is 18.3 Å². The highest BCUT2D eigenvalue weighted by Crippen LogP contribution is 2.32. The zero-order valence-electron chi connectivity index (χ0n) is 17.3. The van der Waals surface area contributed by atoms with Gasteiger partial charge in [0.25, 0.3) is 5.91 Å². The van der Waals surface area contributed by atoms with Crippen molar-refractivity contribution in [3.05, 3.63) is 35.7 Å².